The van der Waals surface area contributed by atoms with Crippen molar-refractivity contribution in [3.05, 3.63) is 47.9 Å². The average molecular weight is 381 g/mol. The minimum absolute atomic E-state index is 0.0446. The Balaban J connectivity index is 1.56. The van der Waals surface area contributed by atoms with Gasteiger partial charge in [0.05, 0.1) is 25.3 Å². The van der Waals surface area contributed by atoms with Crippen LogP contribution in [0.25, 0.3) is 0 Å². The van der Waals surface area contributed by atoms with Gasteiger partial charge in [-0.05, 0) is 24.3 Å². The number of nitrogens with one attached hydrogen (secondary N) is 2. The highest BCUT2D eigenvalue weighted by atomic mass is 19.4. The van der Waals surface area contributed by atoms with Gasteiger partial charge in [-0.25, -0.2) is 14.8 Å². The summed E-state index contributed by atoms with van der Waals surface area (Å²) in [6.07, 6.45) is -2.87. The van der Waals surface area contributed by atoms with Crippen molar-refractivity contribution in [2.24, 2.45) is 0 Å². The summed E-state index contributed by atoms with van der Waals surface area (Å²) < 4.78 is 43.4. The van der Waals surface area contributed by atoms with E-state index < -0.39 is 17.8 Å². The van der Waals surface area contributed by atoms with Crippen molar-refractivity contribution in [1.29, 1.82) is 0 Å². The van der Waals surface area contributed by atoms with Crippen molar-refractivity contribution < 1.29 is 22.7 Å². The maximum Gasteiger partial charge on any atom is 0.416 e. The van der Waals surface area contributed by atoms with Crippen LogP contribution in [0.1, 0.15) is 11.4 Å². The molecule has 0 bridgehead atoms. The third-order valence-corrected chi connectivity index (χ3v) is 3.88. The van der Waals surface area contributed by atoms with Gasteiger partial charge >= 0.3 is 12.2 Å². The number of nitrogens with zero attached hydrogens (tertiary/aromatic N) is 3. The van der Waals surface area contributed by atoms with E-state index in [1.54, 1.807) is 12.3 Å². The van der Waals surface area contributed by atoms with Crippen molar-refractivity contribution >= 4 is 17.5 Å². The number of hydrogen-bond donors (Lipinski definition) is 2. The molecule has 2 amide bonds. The number of anilines is 2. The normalized spacial score (nSPS) is 14.7. The van der Waals surface area contributed by atoms with Gasteiger partial charge in [0.25, 0.3) is 0 Å². The van der Waals surface area contributed by atoms with Crippen molar-refractivity contribution in [3.8, 4) is 0 Å². The SMILES string of the molecule is O=C(NCc1nccc(N2CCOCC2)n1)Nc1cccc(C(F)(F)F)c1. The van der Waals surface area contributed by atoms with Crippen LogP contribution in [0.3, 0.4) is 0 Å². The third-order valence-electron chi connectivity index (χ3n) is 3.88. The molecule has 2 aromatic rings. The molecule has 0 radical (unpaired) electrons. The quantitative estimate of drug-likeness (QED) is 0.851. The monoisotopic (exact) mass is 381 g/mol. The first-order chi connectivity index (χ1) is 12.9. The summed E-state index contributed by atoms with van der Waals surface area (Å²) in [6.45, 7) is 2.73. The smallest absolute Gasteiger partial charge is 0.378 e. The summed E-state index contributed by atoms with van der Waals surface area (Å²) in [6, 6.07) is 5.55. The highest BCUT2D eigenvalue weighted by Gasteiger charge is 2.30. The highest BCUT2D eigenvalue weighted by molar-refractivity contribution is 5.89. The second-order valence-corrected chi connectivity index (χ2v) is 5.82. The Labute approximate surface area is 153 Å². The Morgan fingerprint density at radius 3 is 2.74 bits per heavy atom. The first kappa shape index (κ1) is 18.9. The van der Waals surface area contributed by atoms with E-state index in [9.17, 15) is 18.0 Å². The fourth-order valence-electron chi connectivity index (χ4n) is 2.55. The molecule has 2 N–H and O–H groups in total. The molecule has 0 unspecified atom stereocenters. The summed E-state index contributed by atoms with van der Waals surface area (Å²) in [4.78, 5) is 22.5. The lowest BCUT2D eigenvalue weighted by molar-refractivity contribution is -0.137. The van der Waals surface area contributed by atoms with Gasteiger partial charge in [0, 0.05) is 25.0 Å². The van der Waals surface area contributed by atoms with E-state index in [1.807, 2.05) is 0 Å². The Bertz CT molecular complexity index is 794. The Morgan fingerprint density at radius 2 is 2.00 bits per heavy atom. The number of carbonyl (C=O) groups excluding carboxylic acids is 1. The summed E-state index contributed by atoms with van der Waals surface area (Å²) in [5.41, 5.74) is -0.785. The molecular formula is C17H18F3N5O2. The number of ether oxygens (including phenoxy) is 1. The van der Waals surface area contributed by atoms with Gasteiger partial charge in [0.15, 0.2) is 0 Å². The summed E-state index contributed by atoms with van der Waals surface area (Å²) in [5, 5.41) is 4.91. The predicted molar refractivity (Wildman–Crippen MR) is 92.4 cm³/mol. The van der Waals surface area contributed by atoms with Crippen LogP contribution in [0.4, 0.5) is 29.5 Å². The summed E-state index contributed by atoms with van der Waals surface area (Å²) in [7, 11) is 0. The molecule has 1 aliphatic heterocycles. The number of benzene rings is 1. The molecule has 2 heterocycles. The van der Waals surface area contributed by atoms with Crippen LogP contribution >= 0.6 is 0 Å². The van der Waals surface area contributed by atoms with Gasteiger partial charge in [-0.2, -0.15) is 13.2 Å². The fraction of sp³-hybridized carbons (Fsp3) is 0.353. The molecule has 3 rings (SSSR count). The molecule has 0 atom stereocenters. The van der Waals surface area contributed by atoms with E-state index in [4.69, 9.17) is 4.74 Å². The lowest BCUT2D eigenvalue weighted by atomic mass is 10.2. The van der Waals surface area contributed by atoms with Crippen LogP contribution in [-0.4, -0.2) is 42.3 Å². The minimum Gasteiger partial charge on any atom is -0.378 e. The van der Waals surface area contributed by atoms with Crippen LogP contribution < -0.4 is 15.5 Å². The van der Waals surface area contributed by atoms with Gasteiger partial charge in [-0.3, -0.25) is 0 Å². The molecule has 10 heteroatoms. The number of amides is 2. The molecule has 0 spiro atoms. The fourth-order valence-corrected chi connectivity index (χ4v) is 2.55. The van der Waals surface area contributed by atoms with Gasteiger partial charge in [0.2, 0.25) is 0 Å². The molecule has 1 aromatic carbocycles. The summed E-state index contributed by atoms with van der Waals surface area (Å²) >= 11 is 0. The van der Waals surface area contributed by atoms with Gasteiger partial charge in [0.1, 0.15) is 11.6 Å². The number of aromatic nitrogens is 2. The molecular weight excluding hydrogens is 363 g/mol. The van der Waals surface area contributed by atoms with E-state index in [1.165, 1.54) is 12.1 Å². The molecule has 0 aliphatic carbocycles. The molecule has 1 saturated heterocycles. The van der Waals surface area contributed by atoms with Gasteiger partial charge in [-0.1, -0.05) is 6.07 Å². The van der Waals surface area contributed by atoms with Gasteiger partial charge in [-0.15, -0.1) is 0 Å². The van der Waals surface area contributed by atoms with E-state index in [2.05, 4.69) is 25.5 Å². The second-order valence-electron chi connectivity index (χ2n) is 5.82. The number of carbonyl (C=O) groups is 1. The zero-order chi connectivity index (χ0) is 19.3. The van der Waals surface area contributed by atoms with E-state index in [0.29, 0.717) is 19.0 Å². The first-order valence-electron chi connectivity index (χ1n) is 8.28. The number of morpholine rings is 1. The van der Waals surface area contributed by atoms with Crippen molar-refractivity contribution in [3.63, 3.8) is 0 Å². The predicted octanol–water partition coefficient (Wildman–Crippen LogP) is 2.65. The van der Waals surface area contributed by atoms with Crippen LogP contribution in [0.5, 0.6) is 0 Å². The van der Waals surface area contributed by atoms with E-state index in [0.717, 1.165) is 31.0 Å². The summed E-state index contributed by atoms with van der Waals surface area (Å²) in [5.74, 6) is 1.14. The number of urea groups is 1. The molecule has 0 saturated carbocycles. The zero-order valence-electron chi connectivity index (χ0n) is 14.3. The van der Waals surface area contributed by atoms with Crippen LogP contribution in [0, 0.1) is 0 Å². The maximum atomic E-state index is 12.7. The highest BCUT2D eigenvalue weighted by Crippen LogP contribution is 2.30. The minimum atomic E-state index is -4.47. The van der Waals surface area contributed by atoms with Crippen molar-refractivity contribution in [2.45, 2.75) is 12.7 Å². The molecule has 144 valence electrons. The van der Waals surface area contributed by atoms with Crippen molar-refractivity contribution in [2.75, 3.05) is 36.5 Å². The van der Waals surface area contributed by atoms with E-state index >= 15 is 0 Å². The van der Waals surface area contributed by atoms with Gasteiger partial charge < -0.3 is 20.3 Å². The number of rotatable bonds is 4. The maximum absolute atomic E-state index is 12.7. The number of halogens is 3. The molecule has 1 fully saturated rings. The second kappa shape index (κ2) is 8.21. The standard InChI is InChI=1S/C17H18F3N5O2/c18-17(19,20)12-2-1-3-13(10-12)23-16(26)22-11-14-21-5-4-15(24-14)25-6-8-27-9-7-25/h1-5,10H,6-9,11H2,(H2,22,23,26). The Morgan fingerprint density at radius 1 is 1.22 bits per heavy atom. The number of hydrogen-bond acceptors (Lipinski definition) is 5. The molecule has 7 nitrogen and oxygen atoms in total. The molecule has 1 aliphatic rings. The topological polar surface area (TPSA) is 79.4 Å². The first-order valence-corrected chi connectivity index (χ1v) is 8.28. The van der Waals surface area contributed by atoms with Crippen LogP contribution in [-0.2, 0) is 17.5 Å². The Kier molecular flexibility index (Phi) is 5.75. The average Bonchev–Trinajstić information content (AvgIpc) is 2.67. The third kappa shape index (κ3) is 5.30. The largest absolute Gasteiger partial charge is 0.416 e. The molecule has 27 heavy (non-hydrogen) atoms. The van der Waals surface area contributed by atoms with Crippen molar-refractivity contribution in [1.82, 2.24) is 15.3 Å². The zero-order valence-corrected chi connectivity index (χ0v) is 14.3. The number of alkyl halides is 3. The van der Waals surface area contributed by atoms with Crippen LogP contribution in [0.2, 0.25) is 0 Å². The lowest BCUT2D eigenvalue weighted by Crippen LogP contribution is -2.37. The van der Waals surface area contributed by atoms with E-state index in [-0.39, 0.29) is 12.2 Å². The lowest BCUT2D eigenvalue weighted by Gasteiger charge is -2.27. The van der Waals surface area contributed by atoms with Crippen LogP contribution in [0.15, 0.2) is 36.5 Å². The Hall–Kier alpha value is -2.88. The molecule has 1 aromatic heterocycles.